The molecule has 0 heterocycles. The quantitative estimate of drug-likeness (QED) is 0.837. The highest BCUT2D eigenvalue weighted by Gasteiger charge is 2.22. The maximum Gasteiger partial charge on any atom is 0.319 e. The number of carbonyl (C=O) groups is 1. The lowest BCUT2D eigenvalue weighted by molar-refractivity contribution is 0.232. The minimum absolute atomic E-state index is 0.225. The van der Waals surface area contributed by atoms with E-state index in [1.165, 1.54) is 18.6 Å². The van der Waals surface area contributed by atoms with Crippen molar-refractivity contribution in [1.29, 1.82) is 0 Å². The van der Waals surface area contributed by atoms with Crippen molar-refractivity contribution in [1.82, 2.24) is 5.32 Å². The number of carbonyl (C=O) groups excluding carboxylic acids is 1. The summed E-state index contributed by atoms with van der Waals surface area (Å²) in [6, 6.07) is 4.38. The lowest BCUT2D eigenvalue weighted by Gasteiger charge is -2.29. The Balaban J connectivity index is 1.95. The van der Waals surface area contributed by atoms with E-state index in [0.29, 0.717) is 11.6 Å². The van der Waals surface area contributed by atoms with Crippen molar-refractivity contribution >= 4 is 11.7 Å². The molecule has 104 valence electrons. The lowest BCUT2D eigenvalue weighted by Crippen LogP contribution is -2.43. The van der Waals surface area contributed by atoms with Crippen molar-refractivity contribution in [3.05, 3.63) is 29.6 Å². The van der Waals surface area contributed by atoms with Crippen molar-refractivity contribution in [2.24, 2.45) is 5.92 Å². The molecule has 2 amide bonds. The number of hydrogen-bond donors (Lipinski definition) is 2. The molecule has 2 N–H and O–H groups in total. The predicted molar refractivity (Wildman–Crippen MR) is 74.7 cm³/mol. The summed E-state index contributed by atoms with van der Waals surface area (Å²) < 4.78 is 13.1. The van der Waals surface area contributed by atoms with Crippen LogP contribution in [-0.2, 0) is 0 Å². The molecule has 4 heteroatoms. The van der Waals surface area contributed by atoms with Crippen LogP contribution >= 0.6 is 0 Å². The Morgan fingerprint density at radius 1 is 1.32 bits per heavy atom. The number of halogens is 1. The summed E-state index contributed by atoms with van der Waals surface area (Å²) in [4.78, 5) is 11.9. The van der Waals surface area contributed by atoms with E-state index in [1.807, 2.05) is 6.92 Å². The van der Waals surface area contributed by atoms with Gasteiger partial charge in [-0.15, -0.1) is 0 Å². The van der Waals surface area contributed by atoms with Crippen molar-refractivity contribution in [3.8, 4) is 0 Å². The molecule has 1 aliphatic rings. The minimum atomic E-state index is -0.341. The van der Waals surface area contributed by atoms with Gasteiger partial charge in [-0.25, -0.2) is 9.18 Å². The van der Waals surface area contributed by atoms with Gasteiger partial charge in [-0.05, 0) is 43.4 Å². The van der Waals surface area contributed by atoms with Crippen molar-refractivity contribution in [2.45, 2.75) is 45.6 Å². The third kappa shape index (κ3) is 3.69. The van der Waals surface area contributed by atoms with Gasteiger partial charge in [-0.3, -0.25) is 0 Å². The molecule has 2 rings (SSSR count). The second-order valence-corrected chi connectivity index (χ2v) is 5.43. The van der Waals surface area contributed by atoms with E-state index in [4.69, 9.17) is 0 Å². The standard InChI is InChI=1S/C15H21FN2O/c1-10-5-3-4-6-13(10)17-15(19)18-14-9-12(16)8-7-11(14)2/h7-10,13H,3-6H2,1-2H3,(H2,17,18,19)/t10-,13+/m0/s1. The Labute approximate surface area is 113 Å². The summed E-state index contributed by atoms with van der Waals surface area (Å²) >= 11 is 0. The van der Waals surface area contributed by atoms with Gasteiger partial charge in [0.2, 0.25) is 0 Å². The maximum atomic E-state index is 13.1. The number of hydrogen-bond acceptors (Lipinski definition) is 1. The highest BCUT2D eigenvalue weighted by molar-refractivity contribution is 5.90. The van der Waals surface area contributed by atoms with Gasteiger partial charge in [0.1, 0.15) is 5.82 Å². The van der Waals surface area contributed by atoms with Gasteiger partial charge >= 0.3 is 6.03 Å². The topological polar surface area (TPSA) is 41.1 Å². The molecule has 2 atom stereocenters. The molecule has 0 saturated heterocycles. The number of anilines is 1. The molecule has 0 aliphatic heterocycles. The summed E-state index contributed by atoms with van der Waals surface area (Å²) in [5.74, 6) is 0.167. The van der Waals surface area contributed by atoms with Crippen LogP contribution in [0, 0.1) is 18.7 Å². The Bertz CT molecular complexity index is 461. The fourth-order valence-electron chi connectivity index (χ4n) is 2.59. The molecule has 0 radical (unpaired) electrons. The van der Waals surface area contributed by atoms with Crippen molar-refractivity contribution in [3.63, 3.8) is 0 Å². The van der Waals surface area contributed by atoms with Crippen LogP contribution in [0.5, 0.6) is 0 Å². The second kappa shape index (κ2) is 6.04. The van der Waals surface area contributed by atoms with Crippen LogP contribution in [0.2, 0.25) is 0 Å². The summed E-state index contributed by atoms with van der Waals surface area (Å²) in [7, 11) is 0. The number of nitrogens with one attached hydrogen (secondary N) is 2. The average molecular weight is 264 g/mol. The third-order valence-corrected chi connectivity index (χ3v) is 3.88. The predicted octanol–water partition coefficient (Wildman–Crippen LogP) is 3.83. The van der Waals surface area contributed by atoms with Crippen LogP contribution in [0.3, 0.4) is 0 Å². The largest absolute Gasteiger partial charge is 0.335 e. The Morgan fingerprint density at radius 2 is 2.05 bits per heavy atom. The van der Waals surface area contributed by atoms with Crippen molar-refractivity contribution in [2.75, 3.05) is 5.32 Å². The first-order chi connectivity index (χ1) is 9.06. The Morgan fingerprint density at radius 3 is 2.79 bits per heavy atom. The number of urea groups is 1. The van der Waals surface area contributed by atoms with E-state index in [-0.39, 0.29) is 17.9 Å². The highest BCUT2D eigenvalue weighted by atomic mass is 19.1. The first-order valence-corrected chi connectivity index (χ1v) is 6.90. The van der Waals surface area contributed by atoms with Crippen LogP contribution in [0.15, 0.2) is 18.2 Å². The lowest BCUT2D eigenvalue weighted by atomic mass is 9.86. The van der Waals surface area contributed by atoms with Gasteiger partial charge in [-0.1, -0.05) is 25.8 Å². The molecule has 0 unspecified atom stereocenters. The zero-order chi connectivity index (χ0) is 13.8. The molecule has 1 aliphatic carbocycles. The zero-order valence-electron chi connectivity index (χ0n) is 11.5. The van der Waals surface area contributed by atoms with E-state index in [0.717, 1.165) is 24.8 Å². The fourth-order valence-corrected chi connectivity index (χ4v) is 2.59. The molecule has 1 fully saturated rings. The maximum absolute atomic E-state index is 13.1. The van der Waals surface area contributed by atoms with Crippen LogP contribution < -0.4 is 10.6 Å². The van der Waals surface area contributed by atoms with E-state index in [1.54, 1.807) is 6.07 Å². The average Bonchev–Trinajstić information content (AvgIpc) is 2.37. The molecule has 0 bridgehead atoms. The van der Waals surface area contributed by atoms with E-state index in [9.17, 15) is 9.18 Å². The molecule has 0 spiro atoms. The van der Waals surface area contributed by atoms with E-state index >= 15 is 0 Å². The van der Waals surface area contributed by atoms with Crippen LogP contribution in [-0.4, -0.2) is 12.1 Å². The minimum Gasteiger partial charge on any atom is -0.335 e. The molecule has 3 nitrogen and oxygen atoms in total. The fraction of sp³-hybridized carbons (Fsp3) is 0.533. The number of benzene rings is 1. The molecule has 1 aromatic rings. The number of rotatable bonds is 2. The van der Waals surface area contributed by atoms with Crippen LogP contribution in [0.25, 0.3) is 0 Å². The first kappa shape index (κ1) is 13.8. The Kier molecular flexibility index (Phi) is 4.40. The summed E-state index contributed by atoms with van der Waals surface area (Å²) in [6.45, 7) is 4.01. The highest BCUT2D eigenvalue weighted by Crippen LogP contribution is 2.24. The summed E-state index contributed by atoms with van der Waals surface area (Å²) in [6.07, 6.45) is 4.58. The van der Waals surface area contributed by atoms with E-state index < -0.39 is 0 Å². The summed E-state index contributed by atoms with van der Waals surface area (Å²) in [5.41, 5.74) is 1.38. The van der Waals surface area contributed by atoms with Gasteiger partial charge in [0.05, 0.1) is 0 Å². The third-order valence-electron chi connectivity index (χ3n) is 3.88. The second-order valence-electron chi connectivity index (χ2n) is 5.43. The molecule has 1 aromatic carbocycles. The Hall–Kier alpha value is -1.58. The van der Waals surface area contributed by atoms with Crippen molar-refractivity contribution < 1.29 is 9.18 Å². The van der Waals surface area contributed by atoms with Gasteiger partial charge in [0.25, 0.3) is 0 Å². The normalized spacial score (nSPS) is 22.9. The van der Waals surface area contributed by atoms with Gasteiger partial charge < -0.3 is 10.6 Å². The molecular weight excluding hydrogens is 243 g/mol. The monoisotopic (exact) mass is 264 g/mol. The van der Waals surface area contributed by atoms with Crippen LogP contribution in [0.1, 0.15) is 38.2 Å². The number of aryl methyl sites for hydroxylation is 1. The summed E-state index contributed by atoms with van der Waals surface area (Å²) in [5, 5.41) is 5.72. The zero-order valence-corrected chi connectivity index (χ0v) is 11.5. The smallest absolute Gasteiger partial charge is 0.319 e. The van der Waals surface area contributed by atoms with Gasteiger partial charge in [0, 0.05) is 11.7 Å². The molecular formula is C15H21FN2O. The molecule has 0 aromatic heterocycles. The SMILES string of the molecule is Cc1ccc(F)cc1NC(=O)N[C@@H]1CCCC[C@@H]1C. The molecule has 19 heavy (non-hydrogen) atoms. The first-order valence-electron chi connectivity index (χ1n) is 6.90. The molecule has 1 saturated carbocycles. The van der Waals surface area contributed by atoms with Gasteiger partial charge in [-0.2, -0.15) is 0 Å². The van der Waals surface area contributed by atoms with E-state index in [2.05, 4.69) is 17.6 Å². The number of amides is 2. The van der Waals surface area contributed by atoms with Crippen LogP contribution in [0.4, 0.5) is 14.9 Å². The van der Waals surface area contributed by atoms with Gasteiger partial charge in [0.15, 0.2) is 0 Å².